The first-order valence-electron chi connectivity index (χ1n) is 6.97. The van der Waals surface area contributed by atoms with Crippen molar-refractivity contribution in [2.75, 3.05) is 14.2 Å². The summed E-state index contributed by atoms with van der Waals surface area (Å²) in [5.74, 6) is -0.649. The van der Waals surface area contributed by atoms with Crippen LogP contribution in [0.3, 0.4) is 0 Å². The van der Waals surface area contributed by atoms with Crippen LogP contribution in [0.4, 0.5) is 11.4 Å². The molecule has 0 saturated carbocycles. The van der Waals surface area contributed by atoms with Crippen LogP contribution < -0.4 is 9.47 Å². The average Bonchev–Trinajstić information content (AvgIpc) is 2.61. The standard InChI is InChI=1S/C16H13N3O6/c1-24-10-3-5-15(18(20)21)12(7-10)14(9-17)13-8-11(25-2)4-6-16(13)19(22)23/h3-8,14H,1-2H3. The second kappa shape index (κ2) is 7.27. The van der Waals surface area contributed by atoms with Gasteiger partial charge >= 0.3 is 0 Å². The molecule has 0 aliphatic rings. The zero-order valence-electron chi connectivity index (χ0n) is 13.3. The zero-order chi connectivity index (χ0) is 18.6. The summed E-state index contributed by atoms with van der Waals surface area (Å²) in [5.41, 5.74) is -0.652. The van der Waals surface area contributed by atoms with Crippen LogP contribution in [0.25, 0.3) is 0 Å². The van der Waals surface area contributed by atoms with E-state index in [2.05, 4.69) is 0 Å². The number of ether oxygens (including phenoxy) is 2. The molecule has 0 N–H and O–H groups in total. The third kappa shape index (κ3) is 3.48. The molecule has 0 bridgehead atoms. The summed E-state index contributed by atoms with van der Waals surface area (Å²) in [5, 5.41) is 32.2. The van der Waals surface area contributed by atoms with Gasteiger partial charge in [-0.1, -0.05) is 0 Å². The fraction of sp³-hybridized carbons (Fsp3) is 0.188. The highest BCUT2D eigenvalue weighted by atomic mass is 16.6. The number of nitro groups is 2. The number of hydrogen-bond acceptors (Lipinski definition) is 7. The van der Waals surface area contributed by atoms with Crippen molar-refractivity contribution in [1.82, 2.24) is 0 Å². The van der Waals surface area contributed by atoms with E-state index in [1.165, 1.54) is 50.6 Å². The predicted molar refractivity (Wildman–Crippen MR) is 86.8 cm³/mol. The molecule has 0 saturated heterocycles. The summed E-state index contributed by atoms with van der Waals surface area (Å²) in [6.45, 7) is 0. The van der Waals surface area contributed by atoms with Gasteiger partial charge < -0.3 is 9.47 Å². The minimum atomic E-state index is -1.24. The zero-order valence-corrected chi connectivity index (χ0v) is 13.3. The molecule has 0 unspecified atom stereocenters. The fourth-order valence-electron chi connectivity index (χ4n) is 2.42. The Hall–Kier alpha value is -3.67. The first-order valence-corrected chi connectivity index (χ1v) is 6.97. The summed E-state index contributed by atoms with van der Waals surface area (Å²) < 4.78 is 10.1. The molecule has 0 aliphatic carbocycles. The lowest BCUT2D eigenvalue weighted by molar-refractivity contribution is -0.386. The molecule has 2 rings (SSSR count). The Labute approximate surface area is 142 Å². The van der Waals surface area contributed by atoms with Gasteiger partial charge in [0.25, 0.3) is 11.4 Å². The smallest absolute Gasteiger partial charge is 0.274 e. The second-order valence-electron chi connectivity index (χ2n) is 4.93. The third-order valence-corrected chi connectivity index (χ3v) is 3.61. The highest BCUT2D eigenvalue weighted by Crippen LogP contribution is 2.39. The molecule has 0 aliphatic heterocycles. The maximum absolute atomic E-state index is 11.3. The molecule has 0 radical (unpaired) electrons. The number of hydrogen-bond donors (Lipinski definition) is 0. The summed E-state index contributed by atoms with van der Waals surface area (Å²) in [7, 11) is 2.75. The van der Waals surface area contributed by atoms with Crippen molar-refractivity contribution in [2.24, 2.45) is 0 Å². The van der Waals surface area contributed by atoms with Gasteiger partial charge in [-0.2, -0.15) is 5.26 Å². The Morgan fingerprint density at radius 1 is 0.920 bits per heavy atom. The van der Waals surface area contributed by atoms with Crippen molar-refractivity contribution < 1.29 is 19.3 Å². The Morgan fingerprint density at radius 3 is 1.60 bits per heavy atom. The molecular weight excluding hydrogens is 330 g/mol. The van der Waals surface area contributed by atoms with Crippen LogP contribution in [-0.2, 0) is 0 Å². The highest BCUT2D eigenvalue weighted by molar-refractivity contribution is 5.58. The van der Waals surface area contributed by atoms with E-state index in [0.717, 1.165) is 0 Å². The fourth-order valence-corrected chi connectivity index (χ4v) is 2.42. The lowest BCUT2D eigenvalue weighted by Gasteiger charge is -2.13. The van der Waals surface area contributed by atoms with Gasteiger partial charge in [0, 0.05) is 12.1 Å². The van der Waals surface area contributed by atoms with Crippen LogP contribution in [0.1, 0.15) is 17.0 Å². The van der Waals surface area contributed by atoms with Gasteiger partial charge in [0.2, 0.25) is 0 Å². The van der Waals surface area contributed by atoms with Crippen molar-refractivity contribution in [3.63, 3.8) is 0 Å². The van der Waals surface area contributed by atoms with E-state index < -0.39 is 15.8 Å². The third-order valence-electron chi connectivity index (χ3n) is 3.61. The number of nitro benzene ring substituents is 2. The van der Waals surface area contributed by atoms with E-state index in [1.54, 1.807) is 0 Å². The van der Waals surface area contributed by atoms with E-state index in [9.17, 15) is 25.5 Å². The molecule has 128 valence electrons. The molecule has 0 spiro atoms. The molecule has 2 aromatic rings. The lowest BCUT2D eigenvalue weighted by Crippen LogP contribution is -2.07. The Balaban J connectivity index is 2.75. The maximum atomic E-state index is 11.3. The summed E-state index contributed by atoms with van der Waals surface area (Å²) >= 11 is 0. The van der Waals surface area contributed by atoms with Gasteiger partial charge in [0.15, 0.2) is 0 Å². The maximum Gasteiger partial charge on any atom is 0.274 e. The quantitative estimate of drug-likeness (QED) is 0.581. The van der Waals surface area contributed by atoms with Gasteiger partial charge in [-0.05, 0) is 24.3 Å². The summed E-state index contributed by atoms with van der Waals surface area (Å²) in [6.07, 6.45) is 0. The number of benzene rings is 2. The van der Waals surface area contributed by atoms with Gasteiger partial charge in [0.1, 0.15) is 17.4 Å². The molecule has 9 heteroatoms. The van der Waals surface area contributed by atoms with Crippen molar-refractivity contribution in [2.45, 2.75) is 5.92 Å². The van der Waals surface area contributed by atoms with Crippen LogP contribution in [0.5, 0.6) is 11.5 Å². The molecular formula is C16H13N3O6. The Kier molecular flexibility index (Phi) is 5.14. The molecule has 2 aromatic carbocycles. The van der Waals surface area contributed by atoms with Crippen LogP contribution in [0.15, 0.2) is 36.4 Å². The summed E-state index contributed by atoms with van der Waals surface area (Å²) in [6, 6.07) is 9.73. The van der Waals surface area contributed by atoms with Gasteiger partial charge in [-0.25, -0.2) is 0 Å². The summed E-state index contributed by atoms with van der Waals surface area (Å²) in [4.78, 5) is 21.3. The first kappa shape index (κ1) is 17.7. The van der Waals surface area contributed by atoms with E-state index in [1.807, 2.05) is 6.07 Å². The van der Waals surface area contributed by atoms with Crippen molar-refractivity contribution >= 4 is 11.4 Å². The van der Waals surface area contributed by atoms with Crippen LogP contribution >= 0.6 is 0 Å². The molecule has 0 fully saturated rings. The van der Waals surface area contributed by atoms with Crippen molar-refractivity contribution in [3.8, 4) is 17.6 Å². The number of nitriles is 1. The minimum absolute atomic E-state index is 0.00297. The SMILES string of the molecule is COc1ccc([N+](=O)[O-])c(C(C#N)c2cc(OC)ccc2[N+](=O)[O-])c1. The molecule has 0 amide bonds. The topological polar surface area (TPSA) is 129 Å². The van der Waals surface area contributed by atoms with E-state index in [-0.39, 0.29) is 22.5 Å². The van der Waals surface area contributed by atoms with Gasteiger partial charge in [-0.3, -0.25) is 20.2 Å². The predicted octanol–water partition coefficient (Wildman–Crippen LogP) is 3.18. The highest BCUT2D eigenvalue weighted by Gasteiger charge is 2.30. The number of nitrogens with zero attached hydrogens (tertiary/aromatic N) is 3. The number of rotatable bonds is 6. The Morgan fingerprint density at radius 2 is 1.32 bits per heavy atom. The Bertz CT molecular complexity index is 809. The molecule has 0 heterocycles. The van der Waals surface area contributed by atoms with Crippen LogP contribution in [0.2, 0.25) is 0 Å². The van der Waals surface area contributed by atoms with E-state index in [0.29, 0.717) is 11.5 Å². The molecule has 0 atom stereocenters. The van der Waals surface area contributed by atoms with Crippen molar-refractivity contribution in [1.29, 1.82) is 5.26 Å². The monoisotopic (exact) mass is 343 g/mol. The van der Waals surface area contributed by atoms with E-state index in [4.69, 9.17) is 9.47 Å². The average molecular weight is 343 g/mol. The van der Waals surface area contributed by atoms with Crippen LogP contribution in [0, 0.1) is 31.6 Å². The normalized spacial score (nSPS) is 10.2. The number of methoxy groups -OCH3 is 2. The largest absolute Gasteiger partial charge is 0.497 e. The lowest BCUT2D eigenvalue weighted by atomic mass is 9.90. The van der Waals surface area contributed by atoms with E-state index >= 15 is 0 Å². The molecule has 9 nitrogen and oxygen atoms in total. The van der Waals surface area contributed by atoms with Crippen LogP contribution in [-0.4, -0.2) is 24.1 Å². The molecule has 25 heavy (non-hydrogen) atoms. The second-order valence-corrected chi connectivity index (χ2v) is 4.93. The first-order chi connectivity index (χ1) is 11.9. The van der Waals surface area contributed by atoms with Gasteiger partial charge in [0.05, 0.1) is 41.3 Å². The minimum Gasteiger partial charge on any atom is -0.497 e. The van der Waals surface area contributed by atoms with Crippen molar-refractivity contribution in [3.05, 3.63) is 67.8 Å². The van der Waals surface area contributed by atoms with Gasteiger partial charge in [-0.15, -0.1) is 0 Å². The molecule has 0 aromatic heterocycles.